The molecule has 0 aliphatic rings. The van der Waals surface area contributed by atoms with Gasteiger partial charge in [0.15, 0.2) is 0 Å². The standard InChI is InChI=1S/C33H59NO5S/c1-3-5-7-9-11-13-15-17-19-21-23-25-27-29-33(36)34-31(30-40(37,38)39)32(35)28-26-24-22-20-18-16-14-12-10-8-6-4-2/h5,7,11,13,17,19,26,28,31-32,35H,3-4,6,8-10,12,14-16,18,20-25,27,29-30H2,1-2H3,(H,34,36)(H,37,38,39)/b7-5-,13-11-,19-17-,28-26+. The Bertz CT molecular complexity index is 817. The van der Waals surface area contributed by atoms with Crippen molar-refractivity contribution in [2.75, 3.05) is 5.75 Å². The molecule has 1 amide bonds. The molecule has 0 heterocycles. The molecule has 0 aromatic rings. The fourth-order valence-electron chi connectivity index (χ4n) is 4.40. The van der Waals surface area contributed by atoms with Gasteiger partial charge in [-0.2, -0.15) is 8.42 Å². The van der Waals surface area contributed by atoms with E-state index in [-0.39, 0.29) is 12.3 Å². The maximum atomic E-state index is 12.4. The lowest BCUT2D eigenvalue weighted by Crippen LogP contribution is -2.46. The number of rotatable bonds is 27. The summed E-state index contributed by atoms with van der Waals surface area (Å²) in [5.74, 6) is -1.02. The first kappa shape index (κ1) is 38.3. The number of carbonyl (C=O) groups is 1. The van der Waals surface area contributed by atoms with Crippen molar-refractivity contribution in [3.05, 3.63) is 48.6 Å². The summed E-state index contributed by atoms with van der Waals surface area (Å²) >= 11 is 0. The molecule has 0 saturated heterocycles. The summed E-state index contributed by atoms with van der Waals surface area (Å²) in [7, 11) is -4.34. The highest BCUT2D eigenvalue weighted by molar-refractivity contribution is 7.85. The minimum atomic E-state index is -4.34. The summed E-state index contributed by atoms with van der Waals surface area (Å²) in [5, 5.41) is 13.1. The van der Waals surface area contributed by atoms with Gasteiger partial charge in [-0.25, -0.2) is 0 Å². The van der Waals surface area contributed by atoms with E-state index in [0.717, 1.165) is 57.8 Å². The molecule has 0 rings (SSSR count). The van der Waals surface area contributed by atoms with Gasteiger partial charge in [-0.05, 0) is 51.4 Å². The Morgan fingerprint density at radius 1 is 0.700 bits per heavy atom. The van der Waals surface area contributed by atoms with Crippen LogP contribution < -0.4 is 5.32 Å². The molecule has 2 atom stereocenters. The van der Waals surface area contributed by atoms with Crippen molar-refractivity contribution in [1.82, 2.24) is 5.32 Å². The lowest BCUT2D eigenvalue weighted by atomic mass is 10.1. The van der Waals surface area contributed by atoms with Gasteiger partial charge < -0.3 is 10.4 Å². The van der Waals surface area contributed by atoms with Gasteiger partial charge in [0.25, 0.3) is 10.1 Å². The summed E-state index contributed by atoms with van der Waals surface area (Å²) < 4.78 is 32.2. The van der Waals surface area contributed by atoms with E-state index < -0.39 is 28.0 Å². The number of amides is 1. The van der Waals surface area contributed by atoms with E-state index in [1.165, 1.54) is 57.4 Å². The van der Waals surface area contributed by atoms with Crippen LogP contribution in [0, 0.1) is 0 Å². The minimum absolute atomic E-state index is 0.259. The number of hydrogen-bond acceptors (Lipinski definition) is 4. The smallest absolute Gasteiger partial charge is 0.267 e. The van der Waals surface area contributed by atoms with Gasteiger partial charge in [0.1, 0.15) is 0 Å². The quantitative estimate of drug-likeness (QED) is 0.0513. The first-order chi connectivity index (χ1) is 19.3. The number of carbonyl (C=O) groups excluding carboxylic acids is 1. The van der Waals surface area contributed by atoms with Crippen LogP contribution in [0.15, 0.2) is 48.6 Å². The van der Waals surface area contributed by atoms with Crippen molar-refractivity contribution in [3.63, 3.8) is 0 Å². The normalized spacial score (nSPS) is 14.2. The van der Waals surface area contributed by atoms with Crippen LogP contribution in [0.4, 0.5) is 0 Å². The summed E-state index contributed by atoms with van der Waals surface area (Å²) in [6.07, 6.45) is 35.2. The molecular formula is C33H59NO5S. The molecule has 0 aromatic carbocycles. The third-order valence-electron chi connectivity index (χ3n) is 6.76. The molecule has 7 heteroatoms. The lowest BCUT2D eigenvalue weighted by molar-refractivity contribution is -0.122. The Balaban J connectivity index is 4.16. The molecule has 232 valence electrons. The number of aliphatic hydroxyl groups is 1. The van der Waals surface area contributed by atoms with Crippen LogP contribution in [0.25, 0.3) is 0 Å². The van der Waals surface area contributed by atoms with Crippen molar-refractivity contribution >= 4 is 16.0 Å². The van der Waals surface area contributed by atoms with Crippen molar-refractivity contribution in [2.45, 2.75) is 148 Å². The topological polar surface area (TPSA) is 104 Å². The number of unbranched alkanes of at least 4 members (excludes halogenated alkanes) is 13. The Morgan fingerprint density at radius 3 is 1.77 bits per heavy atom. The van der Waals surface area contributed by atoms with Gasteiger partial charge in [0, 0.05) is 6.42 Å². The van der Waals surface area contributed by atoms with Gasteiger partial charge >= 0.3 is 0 Å². The van der Waals surface area contributed by atoms with Gasteiger partial charge in [0.2, 0.25) is 5.91 Å². The molecule has 2 unspecified atom stereocenters. The zero-order valence-electron chi connectivity index (χ0n) is 25.4. The first-order valence-electron chi connectivity index (χ1n) is 15.8. The molecule has 40 heavy (non-hydrogen) atoms. The van der Waals surface area contributed by atoms with Crippen molar-refractivity contribution in [1.29, 1.82) is 0 Å². The highest BCUT2D eigenvalue weighted by Gasteiger charge is 2.24. The molecule has 6 nitrogen and oxygen atoms in total. The molecule has 0 radical (unpaired) electrons. The second-order valence-electron chi connectivity index (χ2n) is 10.7. The Kier molecular flexibility index (Phi) is 26.3. The van der Waals surface area contributed by atoms with Crippen LogP contribution in [0.3, 0.4) is 0 Å². The van der Waals surface area contributed by atoms with Gasteiger partial charge in [-0.15, -0.1) is 0 Å². The molecule has 0 spiro atoms. The van der Waals surface area contributed by atoms with E-state index in [0.29, 0.717) is 6.42 Å². The molecule has 0 aromatic heterocycles. The van der Waals surface area contributed by atoms with Crippen LogP contribution in [0.2, 0.25) is 0 Å². The molecule has 0 fully saturated rings. The van der Waals surface area contributed by atoms with Crippen LogP contribution in [0.1, 0.15) is 136 Å². The number of allylic oxidation sites excluding steroid dienone is 7. The van der Waals surface area contributed by atoms with E-state index in [4.69, 9.17) is 0 Å². The molecule has 0 aliphatic heterocycles. The van der Waals surface area contributed by atoms with Gasteiger partial charge in [-0.3, -0.25) is 9.35 Å². The van der Waals surface area contributed by atoms with Gasteiger partial charge in [-0.1, -0.05) is 127 Å². The maximum Gasteiger partial charge on any atom is 0.267 e. The summed E-state index contributed by atoms with van der Waals surface area (Å²) in [6.45, 7) is 4.36. The molecule has 0 saturated carbocycles. The summed E-state index contributed by atoms with van der Waals surface area (Å²) in [5.41, 5.74) is 0. The predicted octanol–water partition coefficient (Wildman–Crippen LogP) is 8.40. The van der Waals surface area contributed by atoms with E-state index in [9.17, 15) is 22.9 Å². The van der Waals surface area contributed by atoms with E-state index >= 15 is 0 Å². The molecule has 0 aliphatic carbocycles. The number of hydrogen-bond donors (Lipinski definition) is 3. The van der Waals surface area contributed by atoms with Gasteiger partial charge in [0.05, 0.1) is 17.9 Å². The molecular weight excluding hydrogens is 522 g/mol. The Labute approximate surface area is 246 Å². The number of nitrogens with one attached hydrogen (secondary N) is 1. The fraction of sp³-hybridized carbons (Fsp3) is 0.727. The summed E-state index contributed by atoms with van der Waals surface area (Å²) in [6, 6.07) is -1.07. The minimum Gasteiger partial charge on any atom is -0.387 e. The molecule has 3 N–H and O–H groups in total. The molecule has 0 bridgehead atoms. The maximum absolute atomic E-state index is 12.4. The highest BCUT2D eigenvalue weighted by atomic mass is 32.2. The van der Waals surface area contributed by atoms with Crippen LogP contribution in [-0.2, 0) is 14.9 Å². The zero-order valence-corrected chi connectivity index (χ0v) is 26.3. The predicted molar refractivity (Wildman–Crippen MR) is 170 cm³/mol. The van der Waals surface area contributed by atoms with Crippen LogP contribution in [0.5, 0.6) is 0 Å². The fourth-order valence-corrected chi connectivity index (χ4v) is 5.14. The first-order valence-corrected chi connectivity index (χ1v) is 17.4. The Hall–Kier alpha value is -1.70. The van der Waals surface area contributed by atoms with E-state index in [1.807, 2.05) is 6.08 Å². The highest BCUT2D eigenvalue weighted by Crippen LogP contribution is 2.12. The van der Waals surface area contributed by atoms with Crippen molar-refractivity contribution in [2.24, 2.45) is 0 Å². The van der Waals surface area contributed by atoms with Crippen molar-refractivity contribution < 1.29 is 22.9 Å². The van der Waals surface area contributed by atoms with Crippen LogP contribution in [-0.4, -0.2) is 41.9 Å². The number of aliphatic hydroxyl groups excluding tert-OH is 1. The van der Waals surface area contributed by atoms with E-state index in [1.54, 1.807) is 0 Å². The monoisotopic (exact) mass is 581 g/mol. The lowest BCUT2D eigenvalue weighted by Gasteiger charge is -2.21. The van der Waals surface area contributed by atoms with E-state index in [2.05, 4.69) is 55.6 Å². The largest absolute Gasteiger partial charge is 0.387 e. The second kappa shape index (κ2) is 27.5. The Morgan fingerprint density at radius 2 is 1.20 bits per heavy atom. The second-order valence-corrected chi connectivity index (χ2v) is 12.2. The third kappa shape index (κ3) is 27.9. The van der Waals surface area contributed by atoms with Crippen molar-refractivity contribution in [3.8, 4) is 0 Å². The third-order valence-corrected chi connectivity index (χ3v) is 7.54. The SMILES string of the molecule is CC/C=C\C/C=C\C/C=C\CCCCCC(=O)NC(CS(=O)(=O)O)C(O)/C=C/CCCCCCCCCCCC. The van der Waals surface area contributed by atoms with Crippen LogP contribution >= 0.6 is 0 Å². The zero-order chi connectivity index (χ0) is 29.7. The summed E-state index contributed by atoms with van der Waals surface area (Å²) in [4.78, 5) is 12.4. The average Bonchev–Trinajstić information content (AvgIpc) is 2.90. The average molecular weight is 582 g/mol.